The zero-order chi connectivity index (χ0) is 20.3. The highest BCUT2D eigenvalue weighted by molar-refractivity contribution is 7.99. The number of hydrogen-bond acceptors (Lipinski definition) is 8. The first-order valence-corrected chi connectivity index (χ1v) is 8.57. The van der Waals surface area contributed by atoms with Crippen molar-refractivity contribution in [1.29, 1.82) is 0 Å². The van der Waals surface area contributed by atoms with Crippen LogP contribution in [0.4, 0.5) is 13.2 Å². The summed E-state index contributed by atoms with van der Waals surface area (Å²) in [5.74, 6) is -1.96. The number of thioether (sulfide) groups is 1. The zero-order valence-corrected chi connectivity index (χ0v) is 14.8. The molecular formula is C14H10F3N7O3S. The molecule has 28 heavy (non-hydrogen) atoms. The van der Waals surface area contributed by atoms with Gasteiger partial charge in [0.15, 0.2) is 10.7 Å². The van der Waals surface area contributed by atoms with Crippen molar-refractivity contribution in [1.82, 2.24) is 20.0 Å². The fourth-order valence-electron chi connectivity index (χ4n) is 2.20. The van der Waals surface area contributed by atoms with E-state index in [4.69, 9.17) is 5.53 Å². The molecule has 14 heteroatoms. The van der Waals surface area contributed by atoms with Gasteiger partial charge in [-0.05, 0) is 34.0 Å². The Kier molecular flexibility index (Phi) is 5.70. The van der Waals surface area contributed by atoms with Gasteiger partial charge in [0.1, 0.15) is 5.82 Å². The predicted octanol–water partition coefficient (Wildman–Crippen LogP) is 3.74. The Bertz CT molecular complexity index is 1090. The van der Waals surface area contributed by atoms with Crippen molar-refractivity contribution in [3.05, 3.63) is 50.6 Å². The Morgan fingerprint density at radius 2 is 2.14 bits per heavy atom. The first kappa shape index (κ1) is 19.5. The highest BCUT2D eigenvalue weighted by Crippen LogP contribution is 2.30. The quantitative estimate of drug-likeness (QED) is 0.249. The first-order valence-electron chi connectivity index (χ1n) is 7.59. The van der Waals surface area contributed by atoms with Gasteiger partial charge in [0.2, 0.25) is 5.82 Å². The minimum absolute atomic E-state index is 0.00640. The van der Waals surface area contributed by atoms with E-state index < -0.39 is 23.6 Å². The summed E-state index contributed by atoms with van der Waals surface area (Å²) >= 11 is 1.11. The van der Waals surface area contributed by atoms with Gasteiger partial charge in [-0.2, -0.15) is 0 Å². The zero-order valence-electron chi connectivity index (χ0n) is 14.0. The Hall–Kier alpha value is -3.25. The van der Waals surface area contributed by atoms with Gasteiger partial charge >= 0.3 is 5.76 Å². The summed E-state index contributed by atoms with van der Waals surface area (Å²) in [6.07, 6.45) is -3.08. The molecule has 1 unspecified atom stereocenters. The molecule has 0 spiro atoms. The van der Waals surface area contributed by atoms with Crippen LogP contribution in [0.25, 0.3) is 27.6 Å². The third-order valence-corrected chi connectivity index (χ3v) is 4.65. The Balaban J connectivity index is 2.02. The monoisotopic (exact) mass is 413 g/mol. The smallest absolute Gasteiger partial charge is 0.295 e. The Morgan fingerprint density at radius 1 is 1.36 bits per heavy atom. The number of benzene rings is 1. The van der Waals surface area contributed by atoms with Crippen molar-refractivity contribution in [3.8, 4) is 17.2 Å². The molecule has 3 aromatic rings. The van der Waals surface area contributed by atoms with Crippen LogP contribution in [0, 0.1) is 5.82 Å². The summed E-state index contributed by atoms with van der Waals surface area (Å²) in [7, 11) is 0. The molecule has 0 radical (unpaired) electrons. The van der Waals surface area contributed by atoms with Gasteiger partial charge in [-0.3, -0.25) is 4.52 Å². The number of aromatic nitrogens is 4. The normalized spacial score (nSPS) is 12.2. The van der Waals surface area contributed by atoms with Gasteiger partial charge in [-0.25, -0.2) is 27.2 Å². The van der Waals surface area contributed by atoms with Gasteiger partial charge in [-0.15, -0.1) is 11.8 Å². The van der Waals surface area contributed by atoms with Crippen LogP contribution in [0.3, 0.4) is 0 Å². The Labute approximate surface area is 157 Å². The summed E-state index contributed by atoms with van der Waals surface area (Å²) < 4.78 is 49.7. The number of nitrogens with zero attached hydrogens (tertiary/aromatic N) is 7. The van der Waals surface area contributed by atoms with Gasteiger partial charge in [-0.1, -0.05) is 17.2 Å². The maximum absolute atomic E-state index is 13.6. The lowest BCUT2D eigenvalue weighted by molar-refractivity contribution is 0.146. The van der Waals surface area contributed by atoms with Crippen molar-refractivity contribution in [2.24, 2.45) is 5.11 Å². The minimum atomic E-state index is -3.08. The maximum atomic E-state index is 13.6. The minimum Gasteiger partial charge on any atom is -0.295 e. The largest absolute Gasteiger partial charge is 0.446 e. The molecule has 0 bridgehead atoms. The summed E-state index contributed by atoms with van der Waals surface area (Å²) in [4.78, 5) is 14.8. The molecular weight excluding hydrogens is 403 g/mol. The van der Waals surface area contributed by atoms with Crippen LogP contribution in [0.5, 0.6) is 0 Å². The van der Waals surface area contributed by atoms with Gasteiger partial charge in [0, 0.05) is 16.7 Å². The number of alkyl halides is 2. The van der Waals surface area contributed by atoms with Crippen LogP contribution in [0.15, 0.2) is 42.3 Å². The van der Waals surface area contributed by atoms with Crippen LogP contribution in [0.2, 0.25) is 0 Å². The molecule has 2 heterocycles. The van der Waals surface area contributed by atoms with Crippen molar-refractivity contribution >= 4 is 11.8 Å². The van der Waals surface area contributed by atoms with E-state index in [1.54, 1.807) is 6.92 Å². The average Bonchev–Trinajstić information content (AvgIpc) is 3.26. The van der Waals surface area contributed by atoms with Crippen LogP contribution >= 0.6 is 11.8 Å². The first-order chi connectivity index (χ1) is 13.4. The molecule has 1 aromatic carbocycles. The molecule has 0 aliphatic carbocycles. The lowest BCUT2D eigenvalue weighted by Crippen LogP contribution is -2.14. The van der Waals surface area contributed by atoms with E-state index in [0.29, 0.717) is 5.75 Å². The predicted molar refractivity (Wildman–Crippen MR) is 89.6 cm³/mol. The molecule has 10 nitrogen and oxygen atoms in total. The van der Waals surface area contributed by atoms with E-state index in [1.807, 2.05) is 0 Å². The summed E-state index contributed by atoms with van der Waals surface area (Å²) in [6.45, 7) is 1.68. The van der Waals surface area contributed by atoms with Crippen molar-refractivity contribution in [2.75, 3.05) is 5.75 Å². The molecule has 0 amide bonds. The lowest BCUT2D eigenvalue weighted by Gasteiger charge is -2.07. The summed E-state index contributed by atoms with van der Waals surface area (Å²) in [5, 5.41) is 14.7. The molecule has 0 N–H and O–H groups in total. The average molecular weight is 413 g/mol. The van der Waals surface area contributed by atoms with Crippen molar-refractivity contribution in [2.45, 2.75) is 24.4 Å². The molecule has 0 fully saturated rings. The van der Waals surface area contributed by atoms with E-state index in [1.165, 1.54) is 0 Å². The second kappa shape index (κ2) is 8.19. The van der Waals surface area contributed by atoms with Crippen molar-refractivity contribution in [3.63, 3.8) is 0 Å². The van der Waals surface area contributed by atoms with E-state index in [2.05, 4.69) is 34.6 Å². The molecule has 2 aromatic heterocycles. The second-order valence-electron chi connectivity index (χ2n) is 5.40. The van der Waals surface area contributed by atoms with Crippen LogP contribution < -0.4 is 5.76 Å². The molecule has 0 aliphatic heterocycles. The fourth-order valence-corrected chi connectivity index (χ4v) is 3.01. The van der Waals surface area contributed by atoms with Crippen molar-refractivity contribution < 1.29 is 22.3 Å². The number of azide groups is 1. The maximum Gasteiger partial charge on any atom is 0.446 e. The van der Waals surface area contributed by atoms with Gasteiger partial charge < -0.3 is 0 Å². The molecule has 0 aliphatic rings. The molecule has 3 rings (SSSR count). The van der Waals surface area contributed by atoms with Crippen LogP contribution in [-0.4, -0.2) is 31.8 Å². The third-order valence-electron chi connectivity index (χ3n) is 3.46. The molecule has 1 atom stereocenters. The number of rotatable bonds is 7. The Morgan fingerprint density at radius 3 is 2.86 bits per heavy atom. The topological polar surface area (TPSA) is 136 Å². The third kappa shape index (κ3) is 3.87. The second-order valence-corrected chi connectivity index (χ2v) is 6.41. The van der Waals surface area contributed by atoms with E-state index >= 15 is 0 Å². The van der Waals surface area contributed by atoms with Gasteiger partial charge in [0.25, 0.3) is 6.43 Å². The van der Waals surface area contributed by atoms with E-state index in [0.717, 1.165) is 34.5 Å². The summed E-state index contributed by atoms with van der Waals surface area (Å²) in [5.41, 5.74) is 7.46. The standard InChI is InChI=1S/C14H10F3N7O3S/c1-6(19-23-18)5-28-13-10(20-27-22-13)12-21-26-14(25)24(12)7-2-3-9(15)8(4-7)11(16)17/h2-4,6,11H,5H2,1H3. The van der Waals surface area contributed by atoms with Crippen LogP contribution in [0.1, 0.15) is 18.9 Å². The fraction of sp³-hybridized carbons (Fsp3) is 0.286. The molecule has 0 saturated heterocycles. The van der Waals surface area contributed by atoms with E-state index in [9.17, 15) is 18.0 Å². The van der Waals surface area contributed by atoms with E-state index in [-0.39, 0.29) is 28.3 Å². The highest BCUT2D eigenvalue weighted by atomic mass is 32.2. The van der Waals surface area contributed by atoms with Gasteiger partial charge in [0.05, 0.1) is 11.3 Å². The highest BCUT2D eigenvalue weighted by Gasteiger charge is 2.24. The molecule has 0 saturated carbocycles. The number of halogens is 3. The summed E-state index contributed by atoms with van der Waals surface area (Å²) in [6, 6.07) is 2.36. The van der Waals surface area contributed by atoms with Crippen LogP contribution in [-0.2, 0) is 0 Å². The SMILES string of the molecule is CC(CSc1nonc1-c1noc(=O)n1-c1ccc(F)c(C(F)F)c1)N=[N+]=[N-]. The number of hydrogen-bond donors (Lipinski definition) is 0. The molecule has 146 valence electrons. The lowest BCUT2D eigenvalue weighted by atomic mass is 10.2.